The molecule has 0 atom stereocenters. The van der Waals surface area contributed by atoms with Crippen LogP contribution in [0.15, 0.2) is 45.0 Å². The molecule has 0 radical (unpaired) electrons. The highest BCUT2D eigenvalue weighted by Gasteiger charge is 2.25. The van der Waals surface area contributed by atoms with Gasteiger partial charge in [-0.1, -0.05) is 24.3 Å². The third-order valence-electron chi connectivity index (χ3n) is 3.70. The van der Waals surface area contributed by atoms with Crippen molar-refractivity contribution < 1.29 is 4.79 Å². The van der Waals surface area contributed by atoms with Crippen LogP contribution >= 0.6 is 0 Å². The van der Waals surface area contributed by atoms with Crippen LogP contribution < -0.4 is 16.7 Å². The van der Waals surface area contributed by atoms with Gasteiger partial charge in [0.15, 0.2) is 5.78 Å². The molecule has 2 aromatic rings. The number of ketones is 1. The Morgan fingerprint density at radius 2 is 1.82 bits per heavy atom. The number of hydrogen-bond acceptors (Lipinski definition) is 5. The SMILES string of the molecule is Cn1c(NN=C2C(=O)Cc3ccccc32)cc(=O)n(C)c1=O. The Hall–Kier alpha value is -2.96. The van der Waals surface area contributed by atoms with E-state index in [-0.39, 0.29) is 11.6 Å². The van der Waals surface area contributed by atoms with Crippen molar-refractivity contribution in [1.29, 1.82) is 0 Å². The number of aromatic nitrogens is 2. The Kier molecular flexibility index (Phi) is 3.25. The quantitative estimate of drug-likeness (QED) is 0.792. The summed E-state index contributed by atoms with van der Waals surface area (Å²) < 4.78 is 2.26. The summed E-state index contributed by atoms with van der Waals surface area (Å²) >= 11 is 0. The van der Waals surface area contributed by atoms with Crippen LogP contribution in [0.3, 0.4) is 0 Å². The lowest BCUT2D eigenvalue weighted by atomic mass is 10.1. The molecule has 22 heavy (non-hydrogen) atoms. The Labute approximate surface area is 125 Å². The minimum Gasteiger partial charge on any atom is -0.292 e. The van der Waals surface area contributed by atoms with Crippen molar-refractivity contribution in [3.8, 4) is 0 Å². The Morgan fingerprint density at radius 1 is 1.09 bits per heavy atom. The first-order valence-electron chi connectivity index (χ1n) is 6.71. The van der Waals surface area contributed by atoms with E-state index < -0.39 is 11.2 Å². The number of Topliss-reactive ketones (excluding diaryl/α,β-unsaturated/α-hetero) is 1. The zero-order valence-corrected chi connectivity index (χ0v) is 12.2. The van der Waals surface area contributed by atoms with E-state index in [2.05, 4.69) is 10.5 Å². The standard InChI is InChI=1S/C15H14N4O3/c1-18-12(8-13(21)19(2)15(18)22)16-17-14-10-6-4-3-5-9(10)7-11(14)20/h3-6,8,16H,7H2,1-2H3. The fourth-order valence-electron chi connectivity index (χ4n) is 2.39. The lowest BCUT2D eigenvalue weighted by molar-refractivity contribution is -0.112. The maximum Gasteiger partial charge on any atom is 0.332 e. The van der Waals surface area contributed by atoms with E-state index in [1.165, 1.54) is 24.7 Å². The van der Waals surface area contributed by atoms with Crippen molar-refractivity contribution in [3.63, 3.8) is 0 Å². The van der Waals surface area contributed by atoms with Crippen molar-refractivity contribution in [2.45, 2.75) is 6.42 Å². The molecule has 0 fully saturated rings. The van der Waals surface area contributed by atoms with E-state index in [4.69, 9.17) is 0 Å². The van der Waals surface area contributed by atoms with E-state index in [0.29, 0.717) is 12.1 Å². The molecule has 3 rings (SSSR count). The van der Waals surface area contributed by atoms with Crippen molar-refractivity contribution in [3.05, 3.63) is 62.3 Å². The number of anilines is 1. The van der Waals surface area contributed by atoms with Crippen molar-refractivity contribution in [1.82, 2.24) is 9.13 Å². The summed E-state index contributed by atoms with van der Waals surface area (Å²) in [5.41, 5.74) is 3.75. The Bertz CT molecular complexity index is 921. The molecule has 0 saturated carbocycles. The second-order valence-corrected chi connectivity index (χ2v) is 5.10. The minimum absolute atomic E-state index is 0.0949. The van der Waals surface area contributed by atoms with Gasteiger partial charge in [0.25, 0.3) is 5.56 Å². The van der Waals surface area contributed by atoms with E-state index in [1.807, 2.05) is 24.3 Å². The molecule has 0 amide bonds. The monoisotopic (exact) mass is 298 g/mol. The van der Waals surface area contributed by atoms with Gasteiger partial charge in [0, 0.05) is 32.1 Å². The number of nitrogens with zero attached hydrogens (tertiary/aromatic N) is 3. The summed E-state index contributed by atoms with van der Waals surface area (Å²) in [6.07, 6.45) is 0.312. The number of fused-ring (bicyclic) bond motifs is 1. The molecule has 1 aromatic heterocycles. The summed E-state index contributed by atoms with van der Waals surface area (Å²) in [5, 5.41) is 4.10. The molecule has 1 heterocycles. The fourth-order valence-corrected chi connectivity index (χ4v) is 2.39. The smallest absolute Gasteiger partial charge is 0.292 e. The van der Waals surface area contributed by atoms with Gasteiger partial charge in [-0.15, -0.1) is 0 Å². The van der Waals surface area contributed by atoms with Crippen LogP contribution in [0, 0.1) is 0 Å². The van der Waals surface area contributed by atoms with Gasteiger partial charge in [0.05, 0.1) is 0 Å². The fraction of sp³-hybridized carbons (Fsp3) is 0.200. The predicted octanol–water partition coefficient (Wildman–Crippen LogP) is 0.0254. The third kappa shape index (κ3) is 2.16. The van der Waals surface area contributed by atoms with Gasteiger partial charge in [-0.2, -0.15) is 5.10 Å². The highest BCUT2D eigenvalue weighted by atomic mass is 16.2. The van der Waals surface area contributed by atoms with Gasteiger partial charge in [-0.25, -0.2) is 4.79 Å². The number of carbonyl (C=O) groups is 1. The van der Waals surface area contributed by atoms with Crippen LogP contribution in [-0.4, -0.2) is 20.6 Å². The number of nitrogens with one attached hydrogen (secondary N) is 1. The van der Waals surface area contributed by atoms with E-state index in [1.54, 1.807) is 0 Å². The van der Waals surface area contributed by atoms with Crippen LogP contribution in [0.5, 0.6) is 0 Å². The van der Waals surface area contributed by atoms with E-state index >= 15 is 0 Å². The highest BCUT2D eigenvalue weighted by Crippen LogP contribution is 2.19. The molecule has 0 aliphatic heterocycles. The van der Waals surface area contributed by atoms with Gasteiger partial charge >= 0.3 is 5.69 Å². The van der Waals surface area contributed by atoms with Crippen LogP contribution in [0.25, 0.3) is 0 Å². The zero-order chi connectivity index (χ0) is 15.9. The molecule has 7 heteroatoms. The van der Waals surface area contributed by atoms with Gasteiger partial charge in [0.2, 0.25) is 0 Å². The van der Waals surface area contributed by atoms with Crippen molar-refractivity contribution >= 4 is 17.3 Å². The largest absolute Gasteiger partial charge is 0.332 e. The third-order valence-corrected chi connectivity index (χ3v) is 3.70. The molecule has 0 bridgehead atoms. The molecular formula is C15H14N4O3. The highest BCUT2D eigenvalue weighted by molar-refractivity contribution is 6.49. The second-order valence-electron chi connectivity index (χ2n) is 5.10. The van der Waals surface area contributed by atoms with E-state index in [9.17, 15) is 14.4 Å². The van der Waals surface area contributed by atoms with Gasteiger partial charge in [-0.05, 0) is 5.56 Å². The normalized spacial score (nSPS) is 15.2. The molecule has 1 N–H and O–H groups in total. The van der Waals surface area contributed by atoms with Crippen LogP contribution in [0.2, 0.25) is 0 Å². The number of benzene rings is 1. The first kappa shape index (κ1) is 14.0. The lowest BCUT2D eigenvalue weighted by Crippen LogP contribution is -2.37. The molecule has 112 valence electrons. The topological polar surface area (TPSA) is 85.5 Å². The molecule has 7 nitrogen and oxygen atoms in total. The molecule has 1 aromatic carbocycles. The number of hydrazone groups is 1. The predicted molar refractivity (Wildman–Crippen MR) is 82.2 cm³/mol. The Morgan fingerprint density at radius 3 is 2.59 bits per heavy atom. The summed E-state index contributed by atoms with van der Waals surface area (Å²) in [5.74, 6) is 0.139. The lowest BCUT2D eigenvalue weighted by Gasteiger charge is -2.08. The molecule has 0 unspecified atom stereocenters. The van der Waals surface area contributed by atoms with Gasteiger partial charge in [0.1, 0.15) is 11.5 Å². The minimum atomic E-state index is -0.464. The van der Waals surface area contributed by atoms with Gasteiger partial charge < -0.3 is 0 Å². The molecule has 1 aliphatic rings. The summed E-state index contributed by atoms with van der Waals surface area (Å²) in [7, 11) is 2.92. The average molecular weight is 298 g/mol. The summed E-state index contributed by atoms with van der Waals surface area (Å²) in [6, 6.07) is 8.67. The Balaban J connectivity index is 2.01. The molecule has 0 saturated heterocycles. The summed E-state index contributed by atoms with van der Waals surface area (Å²) in [4.78, 5) is 35.5. The molecular weight excluding hydrogens is 284 g/mol. The molecule has 0 spiro atoms. The number of rotatable bonds is 2. The first-order valence-corrected chi connectivity index (χ1v) is 6.71. The van der Waals surface area contributed by atoms with Crippen molar-refractivity contribution in [2.75, 3.05) is 5.43 Å². The van der Waals surface area contributed by atoms with Crippen molar-refractivity contribution in [2.24, 2.45) is 19.2 Å². The van der Waals surface area contributed by atoms with Gasteiger partial charge in [-0.3, -0.25) is 24.1 Å². The van der Waals surface area contributed by atoms with Crippen LogP contribution in [-0.2, 0) is 25.3 Å². The van der Waals surface area contributed by atoms with E-state index in [0.717, 1.165) is 15.7 Å². The van der Waals surface area contributed by atoms with Crippen LogP contribution in [0.4, 0.5) is 5.82 Å². The maximum atomic E-state index is 12.0. The van der Waals surface area contributed by atoms with Crippen LogP contribution in [0.1, 0.15) is 11.1 Å². The first-order chi connectivity index (χ1) is 10.5. The summed E-state index contributed by atoms with van der Waals surface area (Å²) in [6.45, 7) is 0. The zero-order valence-electron chi connectivity index (χ0n) is 12.2. The number of carbonyl (C=O) groups excluding carboxylic acids is 1. The number of hydrogen-bond donors (Lipinski definition) is 1. The second kappa shape index (κ2) is 5.10. The maximum absolute atomic E-state index is 12.0. The average Bonchev–Trinajstić information content (AvgIpc) is 2.83. The molecule has 1 aliphatic carbocycles.